The van der Waals surface area contributed by atoms with Crippen LogP contribution in [0.25, 0.3) is 16.7 Å². The van der Waals surface area contributed by atoms with E-state index in [2.05, 4.69) is 0 Å². The van der Waals surface area contributed by atoms with E-state index in [9.17, 15) is 14.7 Å². The van der Waals surface area contributed by atoms with E-state index in [1.165, 1.54) is 0 Å². The number of fused-ring (bicyclic) bond motifs is 1. The van der Waals surface area contributed by atoms with Crippen molar-refractivity contribution >= 4 is 17.4 Å². The molecule has 2 aliphatic rings. The van der Waals surface area contributed by atoms with Crippen molar-refractivity contribution in [2.24, 2.45) is 0 Å². The first kappa shape index (κ1) is 20.1. The summed E-state index contributed by atoms with van der Waals surface area (Å²) in [6, 6.07) is 24.9. The van der Waals surface area contributed by atoms with Crippen LogP contribution in [0.3, 0.4) is 0 Å². The Morgan fingerprint density at radius 2 is 1.44 bits per heavy atom. The molecule has 1 saturated heterocycles. The molecule has 3 aromatic rings. The van der Waals surface area contributed by atoms with Gasteiger partial charge in [0, 0.05) is 37.1 Å². The summed E-state index contributed by atoms with van der Waals surface area (Å²) < 4.78 is 6.26. The van der Waals surface area contributed by atoms with Gasteiger partial charge in [-0.2, -0.15) is 0 Å². The van der Waals surface area contributed by atoms with Gasteiger partial charge in [-0.15, -0.1) is 0 Å². The number of aliphatic carboxylic acids is 1. The van der Waals surface area contributed by atoms with Gasteiger partial charge < -0.3 is 14.7 Å². The van der Waals surface area contributed by atoms with Gasteiger partial charge in [0.25, 0.3) is 5.91 Å². The smallest absolute Gasteiger partial charge is 0.336 e. The molecule has 0 radical (unpaired) electrons. The second-order valence-electron chi connectivity index (χ2n) is 8.26. The number of ether oxygens (including phenoxy) is 1. The standard InChI is InChI=1S/C27H23NO4/c29-25(21-12-10-20(11-13-21)19-6-2-1-3-7-19)28-16-14-27(15-17-28)18-23(26(30)31)22-8-4-5-9-24(22)32-27/h1-13,18H,14-17H2,(H,30,31). The summed E-state index contributed by atoms with van der Waals surface area (Å²) >= 11 is 0. The van der Waals surface area contributed by atoms with Crippen LogP contribution in [0.2, 0.25) is 0 Å². The highest BCUT2D eigenvalue weighted by atomic mass is 16.5. The van der Waals surface area contributed by atoms with Crippen molar-refractivity contribution in [3.05, 3.63) is 96.1 Å². The number of nitrogens with zero attached hydrogens (tertiary/aromatic N) is 1. The SMILES string of the molecule is O=C(O)C1=CC2(CCN(C(=O)c3ccc(-c4ccccc4)cc3)CC2)Oc2ccccc21. The normalized spacial score (nSPS) is 16.6. The molecule has 1 fully saturated rings. The summed E-state index contributed by atoms with van der Waals surface area (Å²) in [6.07, 6.45) is 2.83. The number of amides is 1. The Balaban J connectivity index is 1.31. The number of carbonyl (C=O) groups is 2. The molecule has 0 unspecified atom stereocenters. The molecule has 2 aliphatic heterocycles. The molecular formula is C27H23NO4. The predicted molar refractivity (Wildman–Crippen MR) is 122 cm³/mol. The molecule has 0 aromatic heterocycles. The first-order valence-electron chi connectivity index (χ1n) is 10.7. The molecule has 160 valence electrons. The Labute approximate surface area is 186 Å². The number of likely N-dealkylation sites (tertiary alicyclic amines) is 1. The van der Waals surface area contributed by atoms with Gasteiger partial charge >= 0.3 is 5.97 Å². The number of carboxylic acids is 1. The van der Waals surface area contributed by atoms with Crippen LogP contribution in [-0.4, -0.2) is 40.6 Å². The lowest BCUT2D eigenvalue weighted by atomic mass is 9.84. The van der Waals surface area contributed by atoms with E-state index in [4.69, 9.17) is 4.74 Å². The van der Waals surface area contributed by atoms with Crippen LogP contribution in [0, 0.1) is 0 Å². The van der Waals surface area contributed by atoms with Crippen LogP contribution in [-0.2, 0) is 4.79 Å². The Morgan fingerprint density at radius 3 is 2.12 bits per heavy atom. The van der Waals surface area contributed by atoms with Crippen molar-refractivity contribution in [3.63, 3.8) is 0 Å². The molecule has 5 nitrogen and oxygen atoms in total. The Kier molecular flexibility index (Phi) is 5.02. The highest BCUT2D eigenvalue weighted by Gasteiger charge is 2.41. The van der Waals surface area contributed by atoms with Crippen LogP contribution < -0.4 is 4.74 Å². The molecule has 0 bridgehead atoms. The molecule has 0 aliphatic carbocycles. The van der Waals surface area contributed by atoms with Crippen LogP contribution in [0.15, 0.2) is 84.9 Å². The molecule has 3 aromatic carbocycles. The van der Waals surface area contributed by atoms with Gasteiger partial charge in [0.05, 0.1) is 5.57 Å². The van der Waals surface area contributed by atoms with E-state index < -0.39 is 11.6 Å². The summed E-state index contributed by atoms with van der Waals surface area (Å²) in [6.45, 7) is 1.01. The van der Waals surface area contributed by atoms with E-state index in [1.54, 1.807) is 24.3 Å². The third kappa shape index (κ3) is 3.66. The van der Waals surface area contributed by atoms with Gasteiger partial charge in [-0.25, -0.2) is 4.79 Å². The van der Waals surface area contributed by atoms with Gasteiger partial charge in [0.15, 0.2) is 0 Å². The van der Waals surface area contributed by atoms with E-state index in [0.717, 1.165) is 11.1 Å². The summed E-state index contributed by atoms with van der Waals surface area (Å²) in [4.78, 5) is 26.7. The third-order valence-electron chi connectivity index (χ3n) is 6.26. The second kappa shape index (κ2) is 8.00. The van der Waals surface area contributed by atoms with Crippen LogP contribution in [0.1, 0.15) is 28.8 Å². The lowest BCUT2D eigenvalue weighted by Gasteiger charge is -2.42. The van der Waals surface area contributed by atoms with Crippen molar-refractivity contribution in [1.82, 2.24) is 4.90 Å². The molecule has 5 rings (SSSR count). The van der Waals surface area contributed by atoms with E-state index in [1.807, 2.05) is 65.6 Å². The fraction of sp³-hybridized carbons (Fsp3) is 0.185. The highest BCUT2D eigenvalue weighted by molar-refractivity contribution is 6.17. The first-order valence-corrected chi connectivity index (χ1v) is 10.7. The third-order valence-corrected chi connectivity index (χ3v) is 6.26. The number of benzene rings is 3. The fourth-order valence-electron chi connectivity index (χ4n) is 4.50. The summed E-state index contributed by atoms with van der Waals surface area (Å²) in [5.74, 6) is -0.390. The second-order valence-corrected chi connectivity index (χ2v) is 8.26. The zero-order chi connectivity index (χ0) is 22.1. The number of carbonyl (C=O) groups excluding carboxylic acids is 1. The topological polar surface area (TPSA) is 66.8 Å². The van der Waals surface area contributed by atoms with Gasteiger partial charge in [-0.1, -0.05) is 60.7 Å². The summed E-state index contributed by atoms with van der Waals surface area (Å²) in [7, 11) is 0. The largest absolute Gasteiger partial charge is 0.482 e. The van der Waals surface area contributed by atoms with E-state index >= 15 is 0 Å². The molecule has 0 atom stereocenters. The average Bonchev–Trinajstić information content (AvgIpc) is 2.84. The van der Waals surface area contributed by atoms with Crippen LogP contribution in [0.4, 0.5) is 0 Å². The zero-order valence-corrected chi connectivity index (χ0v) is 17.5. The Bertz CT molecular complexity index is 1190. The molecular weight excluding hydrogens is 402 g/mol. The molecule has 32 heavy (non-hydrogen) atoms. The van der Waals surface area contributed by atoms with Gasteiger partial charge in [0.2, 0.25) is 0 Å². The number of hydrogen-bond acceptors (Lipinski definition) is 3. The van der Waals surface area contributed by atoms with Crippen molar-refractivity contribution in [2.45, 2.75) is 18.4 Å². The molecule has 2 heterocycles. The Hall–Kier alpha value is -3.86. The maximum Gasteiger partial charge on any atom is 0.336 e. The van der Waals surface area contributed by atoms with Crippen LogP contribution in [0.5, 0.6) is 5.75 Å². The lowest BCUT2D eigenvalue weighted by molar-refractivity contribution is -0.130. The number of rotatable bonds is 3. The molecule has 1 amide bonds. The number of para-hydroxylation sites is 1. The minimum absolute atomic E-state index is 0.0156. The first-order chi connectivity index (χ1) is 15.5. The summed E-state index contributed by atoms with van der Waals surface area (Å²) in [5, 5.41) is 9.70. The predicted octanol–water partition coefficient (Wildman–Crippen LogP) is 4.89. The van der Waals surface area contributed by atoms with Gasteiger partial charge in [-0.05, 0) is 35.4 Å². The molecule has 0 saturated carbocycles. The van der Waals surface area contributed by atoms with Crippen molar-refractivity contribution < 1.29 is 19.4 Å². The molecule has 5 heteroatoms. The minimum Gasteiger partial charge on any atom is -0.482 e. The minimum atomic E-state index is -0.961. The average molecular weight is 425 g/mol. The van der Waals surface area contributed by atoms with E-state index in [0.29, 0.717) is 42.8 Å². The highest BCUT2D eigenvalue weighted by Crippen LogP contribution is 2.41. The Morgan fingerprint density at radius 1 is 0.812 bits per heavy atom. The van der Waals surface area contributed by atoms with Crippen molar-refractivity contribution in [1.29, 1.82) is 0 Å². The maximum atomic E-state index is 13.1. The lowest BCUT2D eigenvalue weighted by Crippen LogP contribution is -2.50. The number of piperidine rings is 1. The molecule has 1 N–H and O–H groups in total. The fourth-order valence-corrected chi connectivity index (χ4v) is 4.50. The maximum absolute atomic E-state index is 13.1. The van der Waals surface area contributed by atoms with Gasteiger partial charge in [-0.3, -0.25) is 4.79 Å². The van der Waals surface area contributed by atoms with E-state index in [-0.39, 0.29) is 11.5 Å². The van der Waals surface area contributed by atoms with Crippen LogP contribution >= 0.6 is 0 Å². The quantitative estimate of drug-likeness (QED) is 0.649. The molecule has 1 spiro atoms. The summed E-state index contributed by atoms with van der Waals surface area (Å²) in [5.41, 5.74) is 3.00. The monoisotopic (exact) mass is 425 g/mol. The van der Waals surface area contributed by atoms with Crippen molar-refractivity contribution in [3.8, 4) is 16.9 Å². The van der Waals surface area contributed by atoms with Crippen molar-refractivity contribution in [2.75, 3.05) is 13.1 Å². The number of hydrogen-bond donors (Lipinski definition) is 1. The van der Waals surface area contributed by atoms with Gasteiger partial charge in [0.1, 0.15) is 11.4 Å². The zero-order valence-electron chi connectivity index (χ0n) is 17.5. The number of carboxylic acid groups (broad SMARTS) is 1.